The van der Waals surface area contributed by atoms with E-state index in [1.165, 1.54) is 18.5 Å². The van der Waals surface area contributed by atoms with Gasteiger partial charge in [-0.15, -0.1) is 0 Å². The first-order valence-corrected chi connectivity index (χ1v) is 10.4. The molecule has 0 aliphatic carbocycles. The van der Waals surface area contributed by atoms with Gasteiger partial charge in [0.25, 0.3) is 5.91 Å². The zero-order chi connectivity index (χ0) is 20.9. The molecule has 30 heavy (non-hydrogen) atoms. The lowest BCUT2D eigenvalue weighted by atomic mass is 9.95. The molecule has 1 heterocycles. The zero-order valence-corrected chi connectivity index (χ0v) is 17.1. The molecule has 0 unspecified atom stereocenters. The van der Waals surface area contributed by atoms with Crippen LogP contribution in [-0.4, -0.2) is 19.0 Å². The zero-order valence-electron chi connectivity index (χ0n) is 17.1. The number of piperidine rings is 1. The molecule has 4 nitrogen and oxygen atoms in total. The Labute approximate surface area is 177 Å². The molecule has 1 aliphatic rings. The minimum atomic E-state index is -0.183. The van der Waals surface area contributed by atoms with Crippen molar-refractivity contribution in [3.63, 3.8) is 0 Å². The highest BCUT2D eigenvalue weighted by molar-refractivity contribution is 6.09. The molecule has 1 saturated heterocycles. The number of carbonyl (C=O) groups excluding carboxylic acids is 1. The Bertz CT molecular complexity index is 1070. The third-order valence-corrected chi connectivity index (χ3v) is 5.78. The Morgan fingerprint density at radius 3 is 2.27 bits per heavy atom. The first-order valence-electron chi connectivity index (χ1n) is 10.4. The third-order valence-electron chi connectivity index (χ3n) is 5.78. The van der Waals surface area contributed by atoms with Crippen molar-refractivity contribution >= 4 is 17.3 Å². The predicted octanol–water partition coefficient (Wildman–Crippen LogP) is 5.71. The summed E-state index contributed by atoms with van der Waals surface area (Å²) in [5.41, 5.74) is 4.58. The van der Waals surface area contributed by atoms with Gasteiger partial charge in [0, 0.05) is 35.6 Å². The van der Waals surface area contributed by atoms with Crippen LogP contribution >= 0.6 is 0 Å². The number of hydrogen-bond acceptors (Lipinski definition) is 3. The van der Waals surface area contributed by atoms with Gasteiger partial charge in [-0.2, -0.15) is 5.26 Å². The molecule has 0 bridgehead atoms. The summed E-state index contributed by atoms with van der Waals surface area (Å²) in [7, 11) is 0. The fraction of sp³-hybridized carbons (Fsp3) is 0.231. The fourth-order valence-corrected chi connectivity index (χ4v) is 3.95. The molecule has 0 spiro atoms. The van der Waals surface area contributed by atoms with Crippen LogP contribution in [0.25, 0.3) is 11.1 Å². The number of carbonyl (C=O) groups is 1. The Morgan fingerprint density at radius 2 is 1.57 bits per heavy atom. The summed E-state index contributed by atoms with van der Waals surface area (Å²) in [6.07, 6.45) is 2.44. The van der Waals surface area contributed by atoms with Crippen molar-refractivity contribution in [2.75, 3.05) is 23.3 Å². The molecule has 0 radical (unpaired) electrons. The number of anilines is 2. The van der Waals surface area contributed by atoms with Gasteiger partial charge >= 0.3 is 0 Å². The lowest BCUT2D eigenvalue weighted by Gasteiger charge is -2.32. The van der Waals surface area contributed by atoms with Crippen molar-refractivity contribution in [2.45, 2.75) is 19.8 Å². The summed E-state index contributed by atoms with van der Waals surface area (Å²) >= 11 is 0. The quantitative estimate of drug-likeness (QED) is 0.615. The number of benzene rings is 3. The van der Waals surface area contributed by atoms with Gasteiger partial charge in [-0.1, -0.05) is 43.3 Å². The molecule has 1 aliphatic heterocycles. The largest absolute Gasteiger partial charge is 0.372 e. The SMILES string of the molecule is CC1CCN(c2ccc(NC(=O)c3ccccc3-c3ccccc3C#N)cc2)CC1. The number of nitriles is 1. The molecular weight excluding hydrogens is 370 g/mol. The Morgan fingerprint density at radius 1 is 0.933 bits per heavy atom. The predicted molar refractivity (Wildman–Crippen MR) is 122 cm³/mol. The van der Waals surface area contributed by atoms with E-state index in [9.17, 15) is 10.1 Å². The summed E-state index contributed by atoms with van der Waals surface area (Å²) in [4.78, 5) is 15.4. The molecular formula is C26H25N3O. The molecule has 1 N–H and O–H groups in total. The van der Waals surface area contributed by atoms with E-state index in [0.29, 0.717) is 11.1 Å². The van der Waals surface area contributed by atoms with Crippen molar-refractivity contribution in [3.8, 4) is 17.2 Å². The number of nitrogens with one attached hydrogen (secondary N) is 1. The second-order valence-electron chi connectivity index (χ2n) is 7.87. The van der Waals surface area contributed by atoms with Crippen LogP contribution in [0.2, 0.25) is 0 Å². The summed E-state index contributed by atoms with van der Waals surface area (Å²) < 4.78 is 0. The standard InChI is InChI=1S/C26H25N3O/c1-19-14-16-29(17-15-19)22-12-10-21(11-13-22)28-26(30)25-9-5-4-8-24(25)23-7-3-2-6-20(23)18-27/h2-13,19H,14-17H2,1H3,(H,28,30). The van der Waals surface area contributed by atoms with Gasteiger partial charge in [0.2, 0.25) is 0 Å². The Hall–Kier alpha value is -3.58. The fourth-order valence-electron chi connectivity index (χ4n) is 3.95. The van der Waals surface area contributed by atoms with E-state index in [-0.39, 0.29) is 5.91 Å². The molecule has 1 fully saturated rings. The van der Waals surface area contributed by atoms with Crippen molar-refractivity contribution in [1.29, 1.82) is 5.26 Å². The van der Waals surface area contributed by atoms with Gasteiger partial charge in [-0.05, 0) is 60.7 Å². The maximum Gasteiger partial charge on any atom is 0.256 e. The molecule has 3 aromatic rings. The van der Waals surface area contributed by atoms with Gasteiger partial charge in [0.15, 0.2) is 0 Å². The highest BCUT2D eigenvalue weighted by atomic mass is 16.1. The van der Waals surface area contributed by atoms with Gasteiger partial charge in [-0.25, -0.2) is 0 Å². The van der Waals surface area contributed by atoms with E-state index >= 15 is 0 Å². The average Bonchev–Trinajstić information content (AvgIpc) is 2.80. The third kappa shape index (κ3) is 4.21. The molecule has 1 amide bonds. The first-order chi connectivity index (χ1) is 14.7. The van der Waals surface area contributed by atoms with Crippen molar-refractivity contribution < 1.29 is 4.79 Å². The number of hydrogen-bond donors (Lipinski definition) is 1. The van der Waals surface area contributed by atoms with Gasteiger partial charge < -0.3 is 10.2 Å². The average molecular weight is 396 g/mol. The maximum atomic E-state index is 13.0. The topological polar surface area (TPSA) is 56.1 Å². The first kappa shape index (κ1) is 19.7. The highest BCUT2D eigenvalue weighted by Crippen LogP contribution is 2.28. The molecule has 0 aromatic heterocycles. The number of rotatable bonds is 4. The summed E-state index contributed by atoms with van der Waals surface area (Å²) in [5.74, 6) is 0.615. The minimum absolute atomic E-state index is 0.183. The molecule has 0 atom stereocenters. The van der Waals surface area contributed by atoms with Crippen LogP contribution < -0.4 is 10.2 Å². The van der Waals surface area contributed by atoms with Crippen LogP contribution in [0.3, 0.4) is 0 Å². The lowest BCUT2D eigenvalue weighted by molar-refractivity contribution is 0.102. The maximum absolute atomic E-state index is 13.0. The Balaban J connectivity index is 1.53. The summed E-state index contributed by atoms with van der Waals surface area (Å²) in [6.45, 7) is 4.47. The van der Waals surface area contributed by atoms with E-state index in [1.54, 1.807) is 12.1 Å². The normalized spacial score (nSPS) is 14.2. The number of nitrogens with zero attached hydrogens (tertiary/aromatic N) is 2. The van der Waals surface area contributed by atoms with Crippen molar-refractivity contribution in [1.82, 2.24) is 0 Å². The second-order valence-corrected chi connectivity index (χ2v) is 7.87. The molecule has 150 valence electrons. The van der Waals surface area contributed by atoms with Crippen LogP contribution in [0.5, 0.6) is 0 Å². The number of amides is 1. The van der Waals surface area contributed by atoms with Crippen LogP contribution in [0.15, 0.2) is 72.8 Å². The monoisotopic (exact) mass is 395 g/mol. The van der Waals surface area contributed by atoms with Gasteiger partial charge in [0.1, 0.15) is 0 Å². The second kappa shape index (κ2) is 8.84. The highest BCUT2D eigenvalue weighted by Gasteiger charge is 2.17. The minimum Gasteiger partial charge on any atom is -0.372 e. The van der Waals surface area contributed by atoms with Crippen LogP contribution in [0, 0.1) is 17.2 Å². The van der Waals surface area contributed by atoms with Crippen molar-refractivity contribution in [2.24, 2.45) is 5.92 Å². The Kier molecular flexibility index (Phi) is 5.81. The molecule has 4 heteroatoms. The van der Waals surface area contributed by atoms with Crippen LogP contribution in [0.1, 0.15) is 35.7 Å². The van der Waals surface area contributed by atoms with E-state index in [2.05, 4.69) is 35.3 Å². The van der Waals surface area contributed by atoms with Crippen LogP contribution in [0.4, 0.5) is 11.4 Å². The van der Waals surface area contributed by atoms with E-state index in [4.69, 9.17) is 0 Å². The van der Waals surface area contributed by atoms with Crippen LogP contribution in [-0.2, 0) is 0 Å². The van der Waals surface area contributed by atoms with E-state index in [0.717, 1.165) is 35.8 Å². The lowest BCUT2D eigenvalue weighted by Crippen LogP contribution is -2.32. The van der Waals surface area contributed by atoms with E-state index in [1.807, 2.05) is 48.5 Å². The molecule has 3 aromatic carbocycles. The smallest absolute Gasteiger partial charge is 0.256 e. The summed E-state index contributed by atoms with van der Waals surface area (Å²) in [5, 5.41) is 12.4. The van der Waals surface area contributed by atoms with Crippen molar-refractivity contribution in [3.05, 3.63) is 83.9 Å². The van der Waals surface area contributed by atoms with Gasteiger partial charge in [0.05, 0.1) is 11.6 Å². The molecule has 0 saturated carbocycles. The van der Waals surface area contributed by atoms with E-state index < -0.39 is 0 Å². The van der Waals surface area contributed by atoms with Gasteiger partial charge in [-0.3, -0.25) is 4.79 Å². The summed E-state index contributed by atoms with van der Waals surface area (Å²) in [6, 6.07) is 25.0. The molecule has 4 rings (SSSR count).